The number of hydrogen-bond donors (Lipinski definition) is 1. The van der Waals surface area contributed by atoms with E-state index in [0.29, 0.717) is 0 Å². The minimum atomic E-state index is 0.171. The molecule has 1 fully saturated rings. The number of rotatable bonds is 5. The second kappa shape index (κ2) is 6.78. The van der Waals surface area contributed by atoms with E-state index >= 15 is 0 Å². The second-order valence-corrected chi connectivity index (χ2v) is 5.47. The molecule has 0 spiro atoms. The molecule has 1 atom stereocenters. The zero-order valence-corrected chi connectivity index (χ0v) is 12.4. The molecule has 1 saturated heterocycles. The molecule has 4 heteroatoms. The normalized spacial score (nSPS) is 17.6. The largest absolute Gasteiger partial charge is 0.467 e. The third-order valence-electron chi connectivity index (χ3n) is 3.82. The SMILES string of the molecule is CC(Nc1ccc(CN2CCOCC2)cc1)c1ccco1. The van der Waals surface area contributed by atoms with Gasteiger partial charge in [0.25, 0.3) is 0 Å². The van der Waals surface area contributed by atoms with E-state index in [2.05, 4.69) is 41.4 Å². The maximum absolute atomic E-state index is 5.41. The molecule has 0 aliphatic carbocycles. The molecule has 2 heterocycles. The molecule has 0 amide bonds. The Morgan fingerprint density at radius 2 is 1.90 bits per heavy atom. The summed E-state index contributed by atoms with van der Waals surface area (Å²) < 4.78 is 10.8. The van der Waals surface area contributed by atoms with Crippen LogP contribution in [-0.2, 0) is 11.3 Å². The van der Waals surface area contributed by atoms with Gasteiger partial charge in [0, 0.05) is 25.3 Å². The summed E-state index contributed by atoms with van der Waals surface area (Å²) in [5.41, 5.74) is 2.46. The Bertz CT molecular complexity index is 530. The van der Waals surface area contributed by atoms with Crippen molar-refractivity contribution in [2.24, 2.45) is 0 Å². The number of ether oxygens (including phenoxy) is 1. The Morgan fingerprint density at radius 1 is 1.14 bits per heavy atom. The standard InChI is InChI=1S/C17H22N2O2/c1-14(17-3-2-10-21-17)18-16-6-4-15(5-7-16)13-19-8-11-20-12-9-19/h2-7,10,14,18H,8-9,11-13H2,1H3. The molecular formula is C17H22N2O2. The second-order valence-electron chi connectivity index (χ2n) is 5.47. The zero-order chi connectivity index (χ0) is 14.5. The summed E-state index contributed by atoms with van der Waals surface area (Å²) in [6, 6.07) is 12.7. The monoisotopic (exact) mass is 286 g/mol. The molecule has 1 aromatic heterocycles. The fourth-order valence-corrected chi connectivity index (χ4v) is 2.58. The van der Waals surface area contributed by atoms with E-state index in [0.717, 1.165) is 44.3 Å². The highest BCUT2D eigenvalue weighted by atomic mass is 16.5. The highest BCUT2D eigenvalue weighted by molar-refractivity contribution is 5.46. The lowest BCUT2D eigenvalue weighted by atomic mass is 10.1. The number of nitrogens with zero attached hydrogens (tertiary/aromatic N) is 1. The van der Waals surface area contributed by atoms with Gasteiger partial charge in [0.1, 0.15) is 5.76 Å². The molecule has 1 N–H and O–H groups in total. The van der Waals surface area contributed by atoms with Gasteiger partial charge in [-0.2, -0.15) is 0 Å². The van der Waals surface area contributed by atoms with Crippen LogP contribution in [0.4, 0.5) is 5.69 Å². The molecule has 3 rings (SSSR count). The van der Waals surface area contributed by atoms with Crippen LogP contribution in [0.2, 0.25) is 0 Å². The predicted molar refractivity (Wildman–Crippen MR) is 83.3 cm³/mol. The van der Waals surface area contributed by atoms with Gasteiger partial charge in [-0.1, -0.05) is 12.1 Å². The van der Waals surface area contributed by atoms with E-state index in [1.54, 1.807) is 6.26 Å². The summed E-state index contributed by atoms with van der Waals surface area (Å²) in [5.74, 6) is 0.951. The summed E-state index contributed by atoms with van der Waals surface area (Å²) in [7, 11) is 0. The van der Waals surface area contributed by atoms with Crippen molar-refractivity contribution in [3.63, 3.8) is 0 Å². The summed E-state index contributed by atoms with van der Waals surface area (Å²) in [6.45, 7) is 6.84. The Morgan fingerprint density at radius 3 is 2.57 bits per heavy atom. The third-order valence-corrected chi connectivity index (χ3v) is 3.82. The molecule has 1 unspecified atom stereocenters. The van der Waals surface area contributed by atoms with Crippen LogP contribution in [-0.4, -0.2) is 31.2 Å². The minimum Gasteiger partial charge on any atom is -0.467 e. The van der Waals surface area contributed by atoms with E-state index in [-0.39, 0.29) is 6.04 Å². The highest BCUT2D eigenvalue weighted by Gasteiger charge is 2.11. The van der Waals surface area contributed by atoms with E-state index < -0.39 is 0 Å². The Kier molecular flexibility index (Phi) is 4.58. The van der Waals surface area contributed by atoms with E-state index in [9.17, 15) is 0 Å². The van der Waals surface area contributed by atoms with Crippen LogP contribution in [0.15, 0.2) is 47.1 Å². The van der Waals surface area contributed by atoms with Crippen LogP contribution < -0.4 is 5.32 Å². The molecule has 2 aromatic rings. The van der Waals surface area contributed by atoms with E-state index in [1.807, 2.05) is 12.1 Å². The van der Waals surface area contributed by atoms with Gasteiger partial charge in [-0.3, -0.25) is 4.90 Å². The molecule has 0 saturated carbocycles. The van der Waals surface area contributed by atoms with Gasteiger partial charge in [0.15, 0.2) is 0 Å². The lowest BCUT2D eigenvalue weighted by molar-refractivity contribution is 0.0342. The lowest BCUT2D eigenvalue weighted by Gasteiger charge is -2.26. The summed E-state index contributed by atoms with van der Waals surface area (Å²) in [6.07, 6.45) is 1.71. The average Bonchev–Trinajstić information content (AvgIpc) is 3.05. The predicted octanol–water partition coefficient (Wildman–Crippen LogP) is 3.28. The van der Waals surface area contributed by atoms with Gasteiger partial charge < -0.3 is 14.5 Å². The number of furan rings is 1. The van der Waals surface area contributed by atoms with Gasteiger partial charge in [-0.25, -0.2) is 0 Å². The lowest BCUT2D eigenvalue weighted by Crippen LogP contribution is -2.35. The number of nitrogens with one attached hydrogen (secondary N) is 1. The van der Waals surface area contributed by atoms with Crippen molar-refractivity contribution in [2.75, 3.05) is 31.6 Å². The molecule has 112 valence electrons. The van der Waals surface area contributed by atoms with Crippen molar-refractivity contribution < 1.29 is 9.15 Å². The Hall–Kier alpha value is -1.78. The van der Waals surface area contributed by atoms with Crippen LogP contribution in [0.3, 0.4) is 0 Å². The van der Waals surface area contributed by atoms with E-state index in [1.165, 1.54) is 5.56 Å². The third kappa shape index (κ3) is 3.86. The van der Waals surface area contributed by atoms with Crippen molar-refractivity contribution >= 4 is 5.69 Å². The first-order chi connectivity index (χ1) is 10.3. The van der Waals surface area contributed by atoms with Crippen LogP contribution in [0.25, 0.3) is 0 Å². The molecular weight excluding hydrogens is 264 g/mol. The van der Waals surface area contributed by atoms with Gasteiger partial charge in [-0.05, 0) is 36.8 Å². The average molecular weight is 286 g/mol. The number of anilines is 1. The van der Waals surface area contributed by atoms with Gasteiger partial charge in [0.2, 0.25) is 0 Å². The summed E-state index contributed by atoms with van der Waals surface area (Å²) >= 11 is 0. The van der Waals surface area contributed by atoms with Crippen molar-refractivity contribution in [2.45, 2.75) is 19.5 Å². The minimum absolute atomic E-state index is 0.171. The van der Waals surface area contributed by atoms with Crippen molar-refractivity contribution in [3.05, 3.63) is 54.0 Å². The molecule has 1 aliphatic rings. The molecule has 1 aromatic carbocycles. The summed E-state index contributed by atoms with van der Waals surface area (Å²) in [4.78, 5) is 2.43. The van der Waals surface area contributed by atoms with Crippen LogP contribution in [0.1, 0.15) is 24.3 Å². The van der Waals surface area contributed by atoms with Gasteiger partial charge >= 0.3 is 0 Å². The molecule has 1 aliphatic heterocycles. The first kappa shape index (κ1) is 14.2. The molecule has 0 bridgehead atoms. The fraction of sp³-hybridized carbons (Fsp3) is 0.412. The topological polar surface area (TPSA) is 37.6 Å². The van der Waals surface area contributed by atoms with Crippen molar-refractivity contribution in [1.29, 1.82) is 0 Å². The zero-order valence-electron chi connectivity index (χ0n) is 12.4. The van der Waals surface area contributed by atoms with Gasteiger partial charge in [-0.15, -0.1) is 0 Å². The number of benzene rings is 1. The quantitative estimate of drug-likeness (QED) is 0.915. The van der Waals surface area contributed by atoms with Crippen molar-refractivity contribution in [1.82, 2.24) is 4.90 Å². The highest BCUT2D eigenvalue weighted by Crippen LogP contribution is 2.20. The Balaban J connectivity index is 1.56. The smallest absolute Gasteiger partial charge is 0.125 e. The molecule has 21 heavy (non-hydrogen) atoms. The van der Waals surface area contributed by atoms with Crippen LogP contribution >= 0.6 is 0 Å². The number of hydrogen-bond acceptors (Lipinski definition) is 4. The molecule has 4 nitrogen and oxygen atoms in total. The maximum Gasteiger partial charge on any atom is 0.125 e. The van der Waals surface area contributed by atoms with Crippen LogP contribution in [0, 0.1) is 0 Å². The fourth-order valence-electron chi connectivity index (χ4n) is 2.58. The van der Waals surface area contributed by atoms with Crippen LogP contribution in [0.5, 0.6) is 0 Å². The summed E-state index contributed by atoms with van der Waals surface area (Å²) in [5, 5.41) is 3.45. The first-order valence-corrected chi connectivity index (χ1v) is 7.50. The van der Waals surface area contributed by atoms with Gasteiger partial charge in [0.05, 0.1) is 25.5 Å². The first-order valence-electron chi connectivity index (χ1n) is 7.50. The molecule has 0 radical (unpaired) electrons. The van der Waals surface area contributed by atoms with Crippen molar-refractivity contribution in [3.8, 4) is 0 Å². The maximum atomic E-state index is 5.41. The van der Waals surface area contributed by atoms with E-state index in [4.69, 9.17) is 9.15 Å². The Labute approximate surface area is 125 Å². The number of morpholine rings is 1.